The van der Waals surface area contributed by atoms with Gasteiger partial charge in [-0.2, -0.15) is 5.10 Å². The first-order valence-corrected chi connectivity index (χ1v) is 16.0. The topological polar surface area (TPSA) is 125 Å². The number of ether oxygens (including phenoxy) is 3. The largest absolute Gasteiger partial charge is 0.444 e. The van der Waals surface area contributed by atoms with E-state index in [1.807, 2.05) is 17.8 Å². The molecule has 3 aromatic heterocycles. The van der Waals surface area contributed by atoms with E-state index in [9.17, 15) is 14.4 Å². The Morgan fingerprint density at radius 3 is 2.55 bits per heavy atom. The van der Waals surface area contributed by atoms with Crippen molar-refractivity contribution in [1.29, 1.82) is 0 Å². The summed E-state index contributed by atoms with van der Waals surface area (Å²) < 4.78 is 37.0. The quantitative estimate of drug-likeness (QED) is 0.179. The second-order valence-electron chi connectivity index (χ2n) is 13.2. The fourth-order valence-electron chi connectivity index (χ4n) is 5.66. The summed E-state index contributed by atoms with van der Waals surface area (Å²) in [4.78, 5) is 38.9. The summed E-state index contributed by atoms with van der Waals surface area (Å²) in [5.41, 5.74) is 1.83. The second-order valence-corrected chi connectivity index (χ2v) is 13.2. The van der Waals surface area contributed by atoms with Crippen molar-refractivity contribution >= 4 is 34.7 Å². The molecule has 2 unspecified atom stereocenters. The highest BCUT2D eigenvalue weighted by molar-refractivity contribution is 6.12. The second kappa shape index (κ2) is 12.9. The Labute approximate surface area is 272 Å². The molecule has 1 aliphatic carbocycles. The third-order valence-electron chi connectivity index (χ3n) is 8.16. The van der Waals surface area contributed by atoms with Gasteiger partial charge in [0.15, 0.2) is 17.9 Å². The molecule has 4 heterocycles. The summed E-state index contributed by atoms with van der Waals surface area (Å²) in [5.74, 6) is -1.53. The normalized spacial score (nSPS) is 17.4. The molecule has 6 rings (SSSR count). The number of hydrogen-bond acceptors (Lipinski definition) is 7. The maximum atomic E-state index is 16.3. The smallest absolute Gasteiger partial charge is 0.412 e. The Balaban J connectivity index is 1.35. The summed E-state index contributed by atoms with van der Waals surface area (Å²) in [6.07, 6.45) is 8.32. The van der Waals surface area contributed by atoms with E-state index in [1.165, 1.54) is 13.0 Å². The molecule has 12 heteroatoms. The summed E-state index contributed by atoms with van der Waals surface area (Å²) in [7, 11) is 0. The van der Waals surface area contributed by atoms with Crippen LogP contribution >= 0.6 is 0 Å². The molecule has 0 bridgehead atoms. The van der Waals surface area contributed by atoms with Crippen LogP contribution in [0.4, 0.5) is 20.6 Å². The van der Waals surface area contributed by atoms with Crippen LogP contribution in [0.1, 0.15) is 105 Å². The lowest BCUT2D eigenvalue weighted by atomic mass is 10.0. The number of nitrogens with zero attached hydrogens (tertiary/aromatic N) is 3. The van der Waals surface area contributed by atoms with Gasteiger partial charge >= 0.3 is 6.09 Å². The van der Waals surface area contributed by atoms with Crippen molar-refractivity contribution < 1.29 is 33.0 Å². The van der Waals surface area contributed by atoms with Crippen molar-refractivity contribution in [2.75, 3.05) is 17.2 Å². The summed E-state index contributed by atoms with van der Waals surface area (Å²) in [5, 5.41) is 9.85. The first kappa shape index (κ1) is 32.4. The molecule has 2 fully saturated rings. The number of benzene rings is 1. The Hall–Kier alpha value is -4.55. The minimum Gasteiger partial charge on any atom is -0.444 e. The van der Waals surface area contributed by atoms with Crippen molar-refractivity contribution in [3.63, 3.8) is 0 Å². The standard InChI is InChI=1S/C35H40FN5O6/c1-20(42)29-17-27(30-16-24(11-12-40(29)30)38-34(44)47-35(3,4)5)33(43)39-28-15-22(21(2)46-31-8-6-7-13-45-31)14-26(32(28)36)23-18-37-41(19-23)25-9-10-25/h11-12,14-19,21,25,31H,6-10,13H2,1-5H3,(H,38,44)(H,39,43). The molecule has 11 nitrogen and oxygen atoms in total. The molecular formula is C35H40FN5O6. The zero-order chi connectivity index (χ0) is 33.5. The molecule has 1 saturated heterocycles. The van der Waals surface area contributed by atoms with Crippen LogP contribution in [0.3, 0.4) is 0 Å². The molecular weight excluding hydrogens is 605 g/mol. The fraction of sp³-hybridized carbons (Fsp3) is 0.429. The number of carbonyl (C=O) groups is 3. The van der Waals surface area contributed by atoms with E-state index >= 15 is 4.39 Å². The third kappa shape index (κ3) is 7.39. The van der Waals surface area contributed by atoms with E-state index in [-0.39, 0.29) is 34.6 Å². The highest BCUT2D eigenvalue weighted by Crippen LogP contribution is 2.38. The van der Waals surface area contributed by atoms with Gasteiger partial charge in [-0.05, 0) is 95.7 Å². The first-order valence-electron chi connectivity index (χ1n) is 16.0. The number of fused-ring (bicyclic) bond motifs is 1. The van der Waals surface area contributed by atoms with E-state index in [4.69, 9.17) is 14.2 Å². The summed E-state index contributed by atoms with van der Waals surface area (Å²) in [6.45, 7) is 9.13. The predicted octanol–water partition coefficient (Wildman–Crippen LogP) is 7.68. The Morgan fingerprint density at radius 2 is 1.87 bits per heavy atom. The SMILES string of the molecule is CC(=O)c1cc(C(=O)Nc2cc(C(C)OC3CCCCO3)cc(-c3cnn(C4CC4)c3)c2F)c2cc(NC(=O)OC(C)(C)C)ccn12. The van der Waals surface area contributed by atoms with Crippen LogP contribution in [0.5, 0.6) is 0 Å². The Kier molecular flexibility index (Phi) is 8.91. The van der Waals surface area contributed by atoms with Gasteiger partial charge in [0.2, 0.25) is 0 Å². The molecule has 0 radical (unpaired) electrons. The van der Waals surface area contributed by atoms with Crippen molar-refractivity contribution in [3.05, 3.63) is 71.6 Å². The van der Waals surface area contributed by atoms with E-state index in [2.05, 4.69) is 15.7 Å². The predicted molar refractivity (Wildman–Crippen MR) is 174 cm³/mol. The minimum atomic E-state index is -0.712. The number of ketones is 1. The van der Waals surface area contributed by atoms with Gasteiger partial charge in [0.25, 0.3) is 5.91 Å². The molecule has 1 aromatic carbocycles. The summed E-state index contributed by atoms with van der Waals surface area (Å²) in [6, 6.07) is 8.22. The van der Waals surface area contributed by atoms with Gasteiger partial charge in [-0.25, -0.2) is 9.18 Å². The van der Waals surface area contributed by atoms with Crippen LogP contribution in [-0.4, -0.2) is 50.5 Å². The van der Waals surface area contributed by atoms with Crippen molar-refractivity contribution in [2.45, 2.75) is 90.8 Å². The molecule has 2 amide bonds. The van der Waals surface area contributed by atoms with Crippen molar-refractivity contribution in [2.24, 2.45) is 0 Å². The number of pyridine rings is 1. The highest BCUT2D eigenvalue weighted by Gasteiger charge is 2.27. The molecule has 1 aliphatic heterocycles. The van der Waals surface area contributed by atoms with E-state index < -0.39 is 29.5 Å². The number of Topliss-reactive ketones (excluding diaryl/α,β-unsaturated/α-hetero) is 1. The lowest BCUT2D eigenvalue weighted by Gasteiger charge is -2.26. The van der Waals surface area contributed by atoms with Crippen molar-refractivity contribution in [3.8, 4) is 11.1 Å². The van der Waals surface area contributed by atoms with Crippen LogP contribution in [-0.2, 0) is 14.2 Å². The molecule has 1 saturated carbocycles. The van der Waals surface area contributed by atoms with E-state index in [1.54, 1.807) is 61.8 Å². The van der Waals surface area contributed by atoms with Gasteiger partial charge in [-0.3, -0.25) is 19.6 Å². The van der Waals surface area contributed by atoms with Crippen molar-refractivity contribution in [1.82, 2.24) is 14.2 Å². The molecule has 2 N–H and O–H groups in total. The zero-order valence-electron chi connectivity index (χ0n) is 27.3. The molecule has 0 spiro atoms. The molecule has 4 aromatic rings. The lowest BCUT2D eigenvalue weighted by Crippen LogP contribution is -2.27. The molecule has 2 aliphatic rings. The maximum absolute atomic E-state index is 16.3. The van der Waals surface area contributed by atoms with E-state index in [0.717, 1.165) is 32.1 Å². The minimum absolute atomic E-state index is 0.0477. The van der Waals surface area contributed by atoms with E-state index in [0.29, 0.717) is 35.0 Å². The van der Waals surface area contributed by atoms with Gasteiger partial charge in [-0.15, -0.1) is 0 Å². The van der Waals surface area contributed by atoms with Gasteiger partial charge in [-0.1, -0.05) is 0 Å². The third-order valence-corrected chi connectivity index (χ3v) is 8.16. The molecule has 2 atom stereocenters. The average molecular weight is 646 g/mol. The maximum Gasteiger partial charge on any atom is 0.412 e. The zero-order valence-corrected chi connectivity index (χ0v) is 27.3. The van der Waals surface area contributed by atoms with Crippen LogP contribution in [0, 0.1) is 5.82 Å². The van der Waals surface area contributed by atoms with Gasteiger partial charge < -0.3 is 23.9 Å². The highest BCUT2D eigenvalue weighted by atomic mass is 19.1. The molecule has 248 valence electrons. The number of nitrogens with one attached hydrogen (secondary N) is 2. The Bertz CT molecular complexity index is 1830. The number of aromatic nitrogens is 3. The Morgan fingerprint density at radius 1 is 1.09 bits per heavy atom. The van der Waals surface area contributed by atoms with Crippen LogP contribution in [0.25, 0.3) is 16.6 Å². The van der Waals surface area contributed by atoms with Gasteiger partial charge in [0.1, 0.15) is 5.60 Å². The van der Waals surface area contributed by atoms with Crippen LogP contribution < -0.4 is 10.6 Å². The number of hydrogen-bond donors (Lipinski definition) is 2. The number of amides is 2. The number of carbonyl (C=O) groups excluding carboxylic acids is 3. The number of rotatable bonds is 9. The van der Waals surface area contributed by atoms with Gasteiger partial charge in [0, 0.05) is 42.7 Å². The fourth-order valence-corrected chi connectivity index (χ4v) is 5.66. The monoisotopic (exact) mass is 645 g/mol. The average Bonchev–Trinajstić information content (AvgIpc) is 3.61. The lowest BCUT2D eigenvalue weighted by molar-refractivity contribution is -0.186. The molecule has 47 heavy (non-hydrogen) atoms. The van der Waals surface area contributed by atoms with Crippen LogP contribution in [0.15, 0.2) is 48.9 Å². The van der Waals surface area contributed by atoms with Crippen LogP contribution in [0.2, 0.25) is 0 Å². The summed E-state index contributed by atoms with van der Waals surface area (Å²) >= 11 is 0. The number of halogens is 1. The number of anilines is 2. The first-order chi connectivity index (χ1) is 22.4. The van der Waals surface area contributed by atoms with Gasteiger partial charge in [0.05, 0.1) is 40.8 Å².